The molecule has 5 nitrogen and oxygen atoms in total. The Hall–Kier alpha value is -1.76. The number of nitrogens with one attached hydrogen (secondary N) is 1. The highest BCUT2D eigenvalue weighted by molar-refractivity contribution is 7.92. The number of halogens is 2. The quantitative estimate of drug-likeness (QED) is 0.712. The van der Waals surface area contributed by atoms with Gasteiger partial charge in [0.15, 0.2) is 0 Å². The highest BCUT2D eigenvalue weighted by atomic mass is 35.5. The summed E-state index contributed by atoms with van der Waals surface area (Å²) in [4.78, 5) is 12.6. The minimum atomic E-state index is -3.96. The Balaban J connectivity index is 2.43. The number of sulfonamides is 1. The molecule has 0 radical (unpaired) electrons. The lowest BCUT2D eigenvalue weighted by Gasteiger charge is -2.26. The summed E-state index contributed by atoms with van der Waals surface area (Å²) in [6.45, 7) is 5.45. The number of nitrogens with zero attached hydrogens (tertiary/aromatic N) is 1. The van der Waals surface area contributed by atoms with Crippen LogP contribution in [0.2, 0.25) is 10.0 Å². The molecule has 0 fully saturated rings. The number of amides is 1. The Morgan fingerprint density at radius 1 is 1.04 bits per heavy atom. The normalized spacial score (nSPS) is 12.7. The van der Waals surface area contributed by atoms with Crippen molar-refractivity contribution in [2.75, 3.05) is 10.8 Å². The summed E-state index contributed by atoms with van der Waals surface area (Å²) < 4.78 is 27.3. The highest BCUT2D eigenvalue weighted by Crippen LogP contribution is 2.30. The first-order valence-electron chi connectivity index (χ1n) is 8.45. The van der Waals surface area contributed by atoms with Crippen LogP contribution in [-0.2, 0) is 14.8 Å². The van der Waals surface area contributed by atoms with Crippen LogP contribution in [0, 0.1) is 5.92 Å². The third-order valence-corrected chi connectivity index (χ3v) is 6.73. The first-order valence-corrected chi connectivity index (χ1v) is 10.6. The second-order valence-electron chi connectivity index (χ2n) is 6.52. The van der Waals surface area contributed by atoms with E-state index in [2.05, 4.69) is 5.32 Å². The van der Waals surface area contributed by atoms with E-state index in [1.54, 1.807) is 18.2 Å². The van der Waals surface area contributed by atoms with Gasteiger partial charge < -0.3 is 5.32 Å². The van der Waals surface area contributed by atoms with Gasteiger partial charge in [0.1, 0.15) is 6.54 Å². The van der Waals surface area contributed by atoms with Gasteiger partial charge >= 0.3 is 0 Å². The van der Waals surface area contributed by atoms with Gasteiger partial charge in [0.05, 0.1) is 20.6 Å². The minimum absolute atomic E-state index is 0.0841. The number of hydrogen-bond acceptors (Lipinski definition) is 3. The Morgan fingerprint density at radius 2 is 1.67 bits per heavy atom. The van der Waals surface area contributed by atoms with Gasteiger partial charge in [-0.15, -0.1) is 0 Å². The number of rotatable bonds is 7. The lowest BCUT2D eigenvalue weighted by molar-refractivity contribution is -0.120. The van der Waals surface area contributed by atoms with Crippen LogP contribution in [0.15, 0.2) is 53.4 Å². The maximum absolute atomic E-state index is 13.2. The summed E-state index contributed by atoms with van der Waals surface area (Å²) in [5.41, 5.74) is 0.264. The van der Waals surface area contributed by atoms with E-state index in [0.717, 1.165) is 4.31 Å². The van der Waals surface area contributed by atoms with E-state index >= 15 is 0 Å². The molecule has 0 aliphatic heterocycles. The van der Waals surface area contributed by atoms with Crippen molar-refractivity contribution < 1.29 is 13.2 Å². The van der Waals surface area contributed by atoms with E-state index in [0.29, 0.717) is 5.02 Å². The Bertz CT molecular complexity index is 902. The van der Waals surface area contributed by atoms with E-state index in [1.165, 1.54) is 30.3 Å². The number of carbonyl (C=O) groups is 1. The highest BCUT2D eigenvalue weighted by Gasteiger charge is 2.28. The van der Waals surface area contributed by atoms with E-state index in [4.69, 9.17) is 23.2 Å². The van der Waals surface area contributed by atoms with Gasteiger partial charge in [-0.25, -0.2) is 8.42 Å². The maximum Gasteiger partial charge on any atom is 0.264 e. The molecule has 0 aliphatic rings. The molecule has 2 aromatic carbocycles. The van der Waals surface area contributed by atoms with Gasteiger partial charge in [0, 0.05) is 6.04 Å². The maximum atomic E-state index is 13.2. The molecule has 1 N–H and O–H groups in total. The van der Waals surface area contributed by atoms with Crippen molar-refractivity contribution >= 4 is 44.8 Å². The largest absolute Gasteiger partial charge is 0.352 e. The molecule has 0 aromatic heterocycles. The average molecular weight is 429 g/mol. The van der Waals surface area contributed by atoms with Crippen LogP contribution in [0.4, 0.5) is 5.69 Å². The van der Waals surface area contributed by atoms with Gasteiger partial charge in [-0.2, -0.15) is 0 Å². The second kappa shape index (κ2) is 8.95. The van der Waals surface area contributed by atoms with Gasteiger partial charge in [0.25, 0.3) is 10.0 Å². The van der Waals surface area contributed by atoms with Crippen LogP contribution >= 0.6 is 23.2 Å². The molecular weight excluding hydrogens is 407 g/mol. The molecule has 146 valence electrons. The summed E-state index contributed by atoms with van der Waals surface area (Å²) in [5, 5.41) is 3.33. The first kappa shape index (κ1) is 21.5. The molecular formula is C19H22Cl2N2O3S. The number of benzene rings is 2. The van der Waals surface area contributed by atoms with Crippen LogP contribution in [0.1, 0.15) is 20.8 Å². The zero-order chi connectivity index (χ0) is 20.2. The van der Waals surface area contributed by atoms with Crippen molar-refractivity contribution in [1.29, 1.82) is 0 Å². The number of carbonyl (C=O) groups excluding carboxylic acids is 1. The molecule has 0 spiro atoms. The predicted molar refractivity (Wildman–Crippen MR) is 110 cm³/mol. The molecule has 0 unspecified atom stereocenters. The van der Waals surface area contributed by atoms with Crippen molar-refractivity contribution in [1.82, 2.24) is 5.32 Å². The SMILES string of the molecule is CC(C)[C@H](C)NC(=O)CN(c1ccc(Cl)c(Cl)c1)S(=O)(=O)c1ccccc1. The fraction of sp³-hybridized carbons (Fsp3) is 0.316. The fourth-order valence-electron chi connectivity index (χ4n) is 2.27. The zero-order valence-corrected chi connectivity index (χ0v) is 17.6. The zero-order valence-electron chi connectivity index (χ0n) is 15.3. The number of anilines is 1. The lowest BCUT2D eigenvalue weighted by Crippen LogP contribution is -2.45. The Kier molecular flexibility index (Phi) is 7.14. The molecule has 8 heteroatoms. The van der Waals surface area contributed by atoms with E-state index in [9.17, 15) is 13.2 Å². The molecule has 1 atom stereocenters. The molecule has 0 aliphatic carbocycles. The van der Waals surface area contributed by atoms with Gasteiger partial charge in [0.2, 0.25) is 5.91 Å². The molecule has 0 saturated heterocycles. The molecule has 0 heterocycles. The summed E-state index contributed by atoms with van der Waals surface area (Å²) >= 11 is 12.0. The second-order valence-corrected chi connectivity index (χ2v) is 9.20. The molecule has 27 heavy (non-hydrogen) atoms. The lowest BCUT2D eigenvalue weighted by atomic mass is 10.1. The van der Waals surface area contributed by atoms with Crippen LogP contribution in [0.3, 0.4) is 0 Å². The van der Waals surface area contributed by atoms with Crippen molar-refractivity contribution in [2.24, 2.45) is 5.92 Å². The van der Waals surface area contributed by atoms with Gasteiger partial charge in [-0.05, 0) is 43.2 Å². The summed E-state index contributed by atoms with van der Waals surface area (Å²) in [6, 6.07) is 12.3. The standard InChI is InChI=1S/C19H22Cl2N2O3S/c1-13(2)14(3)22-19(24)12-23(15-9-10-17(20)18(21)11-15)27(25,26)16-7-5-4-6-8-16/h4-11,13-14H,12H2,1-3H3,(H,22,24)/t14-/m0/s1. The molecule has 0 saturated carbocycles. The monoisotopic (exact) mass is 428 g/mol. The summed E-state index contributed by atoms with van der Waals surface area (Å²) in [6.07, 6.45) is 0. The third-order valence-electron chi connectivity index (χ3n) is 4.20. The van der Waals surface area contributed by atoms with Crippen LogP contribution in [-0.4, -0.2) is 26.9 Å². The molecule has 1 amide bonds. The summed E-state index contributed by atoms with van der Waals surface area (Å²) in [5.74, 6) is -0.181. The first-order chi connectivity index (χ1) is 12.6. The number of hydrogen-bond donors (Lipinski definition) is 1. The topological polar surface area (TPSA) is 66.5 Å². The molecule has 2 aromatic rings. The van der Waals surface area contributed by atoms with Crippen LogP contribution in [0.25, 0.3) is 0 Å². The fourth-order valence-corrected chi connectivity index (χ4v) is 4.00. The van der Waals surface area contributed by atoms with E-state index in [1.807, 2.05) is 20.8 Å². The molecule has 2 rings (SSSR count). The van der Waals surface area contributed by atoms with Gasteiger partial charge in [-0.1, -0.05) is 55.2 Å². The smallest absolute Gasteiger partial charge is 0.264 e. The minimum Gasteiger partial charge on any atom is -0.352 e. The average Bonchev–Trinajstić information content (AvgIpc) is 2.62. The van der Waals surface area contributed by atoms with Crippen LogP contribution < -0.4 is 9.62 Å². The van der Waals surface area contributed by atoms with Gasteiger partial charge in [-0.3, -0.25) is 9.10 Å². The predicted octanol–water partition coefficient (Wildman–Crippen LogP) is 4.35. The molecule has 0 bridgehead atoms. The third kappa shape index (κ3) is 5.37. The Labute approximate surface area is 170 Å². The van der Waals surface area contributed by atoms with Crippen molar-refractivity contribution in [3.8, 4) is 0 Å². The Morgan fingerprint density at radius 3 is 2.22 bits per heavy atom. The van der Waals surface area contributed by atoms with E-state index < -0.39 is 15.9 Å². The summed E-state index contributed by atoms with van der Waals surface area (Å²) in [7, 11) is -3.96. The van der Waals surface area contributed by atoms with Crippen molar-refractivity contribution in [3.63, 3.8) is 0 Å². The van der Waals surface area contributed by atoms with E-state index in [-0.39, 0.29) is 34.1 Å². The van der Waals surface area contributed by atoms with Crippen molar-refractivity contribution in [3.05, 3.63) is 58.6 Å². The van der Waals surface area contributed by atoms with Crippen molar-refractivity contribution in [2.45, 2.75) is 31.7 Å². The van der Waals surface area contributed by atoms with Crippen LogP contribution in [0.5, 0.6) is 0 Å².